The second-order valence-electron chi connectivity index (χ2n) is 4.85. The zero-order valence-corrected chi connectivity index (χ0v) is 11.8. The summed E-state index contributed by atoms with van der Waals surface area (Å²) in [5, 5.41) is 0.764. The van der Waals surface area contributed by atoms with Gasteiger partial charge in [-0.05, 0) is 17.2 Å². The molecule has 3 nitrogen and oxygen atoms in total. The van der Waals surface area contributed by atoms with E-state index >= 15 is 0 Å². The molecule has 20 heavy (non-hydrogen) atoms. The number of halogens is 1. The minimum atomic E-state index is 0.115. The highest BCUT2D eigenvalue weighted by Gasteiger charge is 2.28. The van der Waals surface area contributed by atoms with E-state index in [9.17, 15) is 0 Å². The van der Waals surface area contributed by atoms with Crippen LogP contribution in [-0.4, -0.2) is 17.4 Å². The summed E-state index contributed by atoms with van der Waals surface area (Å²) >= 11 is 6.30. The Morgan fingerprint density at radius 2 is 1.80 bits per heavy atom. The van der Waals surface area contributed by atoms with Gasteiger partial charge in [0.15, 0.2) is 5.96 Å². The summed E-state index contributed by atoms with van der Waals surface area (Å²) in [5.41, 5.74) is 8.33. The molecular weight excluding hydrogens is 270 g/mol. The van der Waals surface area contributed by atoms with Gasteiger partial charge >= 0.3 is 0 Å². The highest BCUT2D eigenvalue weighted by Crippen LogP contribution is 2.31. The molecule has 3 rings (SSSR count). The van der Waals surface area contributed by atoms with E-state index in [2.05, 4.69) is 22.0 Å². The van der Waals surface area contributed by atoms with E-state index in [1.807, 2.05) is 42.5 Å². The zero-order valence-electron chi connectivity index (χ0n) is 11.0. The summed E-state index contributed by atoms with van der Waals surface area (Å²) in [6.45, 7) is 1.40. The summed E-state index contributed by atoms with van der Waals surface area (Å²) in [4.78, 5) is 6.48. The Labute approximate surface area is 123 Å². The summed E-state index contributed by atoms with van der Waals surface area (Å²) < 4.78 is 0. The van der Waals surface area contributed by atoms with Gasteiger partial charge in [0.05, 0.1) is 12.6 Å². The number of rotatable bonds is 3. The third kappa shape index (κ3) is 2.49. The van der Waals surface area contributed by atoms with Gasteiger partial charge in [-0.25, -0.2) is 0 Å². The number of nitrogens with two attached hydrogens (primary N) is 1. The Morgan fingerprint density at radius 3 is 2.55 bits per heavy atom. The monoisotopic (exact) mass is 285 g/mol. The Bertz CT molecular complexity index is 625. The van der Waals surface area contributed by atoms with Crippen LogP contribution in [0.15, 0.2) is 59.6 Å². The number of nitrogens with zero attached hydrogens (tertiary/aromatic N) is 2. The van der Waals surface area contributed by atoms with E-state index in [4.69, 9.17) is 17.3 Å². The number of hydrogen-bond donors (Lipinski definition) is 1. The fourth-order valence-corrected chi connectivity index (χ4v) is 2.77. The van der Waals surface area contributed by atoms with E-state index < -0.39 is 0 Å². The van der Waals surface area contributed by atoms with Crippen molar-refractivity contribution in [3.05, 3.63) is 70.7 Å². The molecule has 1 unspecified atom stereocenters. The van der Waals surface area contributed by atoms with E-state index in [0.717, 1.165) is 17.1 Å². The van der Waals surface area contributed by atoms with Crippen molar-refractivity contribution in [2.24, 2.45) is 10.7 Å². The van der Waals surface area contributed by atoms with Gasteiger partial charge in [-0.3, -0.25) is 4.99 Å². The second kappa shape index (κ2) is 5.55. The Balaban J connectivity index is 1.87. The lowest BCUT2D eigenvalue weighted by molar-refractivity contribution is 0.340. The predicted molar refractivity (Wildman–Crippen MR) is 82.7 cm³/mol. The molecule has 0 fully saturated rings. The average molecular weight is 286 g/mol. The van der Waals surface area contributed by atoms with Crippen molar-refractivity contribution in [2.45, 2.75) is 12.6 Å². The first kappa shape index (κ1) is 13.0. The molecule has 0 bridgehead atoms. The molecule has 1 aliphatic rings. The molecule has 4 heteroatoms. The van der Waals surface area contributed by atoms with Gasteiger partial charge in [-0.1, -0.05) is 60.1 Å². The van der Waals surface area contributed by atoms with Crippen LogP contribution >= 0.6 is 11.6 Å². The lowest BCUT2D eigenvalue weighted by atomic mass is 10.1. The van der Waals surface area contributed by atoms with Crippen molar-refractivity contribution in [3.8, 4) is 0 Å². The van der Waals surface area contributed by atoms with Crippen molar-refractivity contribution in [2.75, 3.05) is 6.54 Å². The van der Waals surface area contributed by atoms with Crippen LogP contribution in [0.4, 0.5) is 0 Å². The number of benzene rings is 2. The zero-order chi connectivity index (χ0) is 13.9. The minimum Gasteiger partial charge on any atom is -0.370 e. The fourth-order valence-electron chi connectivity index (χ4n) is 2.51. The maximum Gasteiger partial charge on any atom is 0.192 e. The number of hydrogen-bond acceptors (Lipinski definition) is 3. The van der Waals surface area contributed by atoms with Crippen LogP contribution in [0, 0.1) is 0 Å². The summed E-state index contributed by atoms with van der Waals surface area (Å²) in [7, 11) is 0. The first-order chi connectivity index (χ1) is 9.75. The Hall–Kier alpha value is -2.00. The third-order valence-corrected chi connectivity index (χ3v) is 3.90. The largest absolute Gasteiger partial charge is 0.370 e. The first-order valence-corrected chi connectivity index (χ1v) is 6.98. The van der Waals surface area contributed by atoms with Gasteiger partial charge in [0.1, 0.15) is 0 Å². The van der Waals surface area contributed by atoms with Gasteiger partial charge in [-0.2, -0.15) is 0 Å². The standard InChI is InChI=1S/C16H16ClN3/c17-14-9-5-4-8-13(14)15-10-19-16(18)20(15)11-12-6-2-1-3-7-12/h1-9,15H,10-11H2,(H2,18,19). The van der Waals surface area contributed by atoms with Crippen LogP contribution in [-0.2, 0) is 6.54 Å². The van der Waals surface area contributed by atoms with E-state index in [1.54, 1.807) is 0 Å². The topological polar surface area (TPSA) is 41.6 Å². The summed E-state index contributed by atoms with van der Waals surface area (Å²) in [6, 6.07) is 18.3. The maximum atomic E-state index is 6.30. The SMILES string of the molecule is NC1=NCC(c2ccccc2Cl)N1Cc1ccccc1. The predicted octanol–water partition coefficient (Wildman–Crippen LogP) is 3.21. The van der Waals surface area contributed by atoms with Crippen molar-refractivity contribution in [1.82, 2.24) is 4.90 Å². The van der Waals surface area contributed by atoms with Gasteiger partial charge in [0.2, 0.25) is 0 Å². The van der Waals surface area contributed by atoms with E-state index in [0.29, 0.717) is 12.5 Å². The van der Waals surface area contributed by atoms with E-state index in [1.165, 1.54) is 5.56 Å². The molecule has 0 radical (unpaired) electrons. The molecular formula is C16H16ClN3. The van der Waals surface area contributed by atoms with Gasteiger partial charge in [-0.15, -0.1) is 0 Å². The molecule has 2 aromatic rings. The molecule has 0 saturated heterocycles. The Kier molecular flexibility index (Phi) is 3.61. The minimum absolute atomic E-state index is 0.115. The van der Waals surface area contributed by atoms with Crippen LogP contribution in [0.3, 0.4) is 0 Å². The normalized spacial score (nSPS) is 18.1. The highest BCUT2D eigenvalue weighted by atomic mass is 35.5. The number of aliphatic imine (C=N–C) groups is 1. The quantitative estimate of drug-likeness (QED) is 0.941. The van der Waals surface area contributed by atoms with Crippen molar-refractivity contribution < 1.29 is 0 Å². The van der Waals surface area contributed by atoms with Crippen LogP contribution in [0.2, 0.25) is 5.02 Å². The van der Waals surface area contributed by atoms with Crippen LogP contribution in [0.5, 0.6) is 0 Å². The molecule has 0 spiro atoms. The third-order valence-electron chi connectivity index (χ3n) is 3.56. The molecule has 1 heterocycles. The molecule has 0 saturated carbocycles. The van der Waals surface area contributed by atoms with Gasteiger partial charge < -0.3 is 10.6 Å². The summed E-state index contributed by atoms with van der Waals surface area (Å²) in [5.74, 6) is 0.582. The smallest absolute Gasteiger partial charge is 0.192 e. The van der Waals surface area contributed by atoms with E-state index in [-0.39, 0.29) is 6.04 Å². The fraction of sp³-hybridized carbons (Fsp3) is 0.188. The lowest BCUT2D eigenvalue weighted by Gasteiger charge is -2.27. The lowest BCUT2D eigenvalue weighted by Crippen LogP contribution is -2.35. The molecule has 1 atom stereocenters. The van der Waals surface area contributed by atoms with Gasteiger partial charge in [0, 0.05) is 11.6 Å². The van der Waals surface area contributed by atoms with Crippen molar-refractivity contribution in [1.29, 1.82) is 0 Å². The van der Waals surface area contributed by atoms with Gasteiger partial charge in [0.25, 0.3) is 0 Å². The summed E-state index contributed by atoms with van der Waals surface area (Å²) in [6.07, 6.45) is 0. The molecule has 102 valence electrons. The average Bonchev–Trinajstić information content (AvgIpc) is 2.82. The highest BCUT2D eigenvalue weighted by molar-refractivity contribution is 6.31. The molecule has 0 aliphatic carbocycles. The molecule has 0 amide bonds. The van der Waals surface area contributed by atoms with Crippen molar-refractivity contribution in [3.63, 3.8) is 0 Å². The van der Waals surface area contributed by atoms with Crippen LogP contribution in [0.1, 0.15) is 17.2 Å². The first-order valence-electron chi connectivity index (χ1n) is 6.60. The van der Waals surface area contributed by atoms with Crippen LogP contribution < -0.4 is 5.73 Å². The second-order valence-corrected chi connectivity index (χ2v) is 5.26. The van der Waals surface area contributed by atoms with Crippen LogP contribution in [0.25, 0.3) is 0 Å². The van der Waals surface area contributed by atoms with Crippen molar-refractivity contribution >= 4 is 17.6 Å². The Morgan fingerprint density at radius 1 is 1.10 bits per heavy atom. The number of guanidine groups is 1. The maximum absolute atomic E-state index is 6.30. The molecule has 2 N–H and O–H groups in total. The molecule has 0 aromatic heterocycles. The molecule has 2 aromatic carbocycles. The molecule has 1 aliphatic heterocycles.